The number of carbonyl (C=O) groups is 2. The summed E-state index contributed by atoms with van der Waals surface area (Å²) in [7, 11) is 1.42. The summed E-state index contributed by atoms with van der Waals surface area (Å²) in [6.07, 6.45) is 3.20. The molecule has 2 fully saturated rings. The van der Waals surface area contributed by atoms with E-state index in [-0.39, 0.29) is 17.4 Å². The van der Waals surface area contributed by atoms with E-state index in [2.05, 4.69) is 48.0 Å². The highest BCUT2D eigenvalue weighted by Crippen LogP contribution is 2.30. The molecule has 1 unspecified atom stereocenters. The van der Waals surface area contributed by atoms with Gasteiger partial charge in [0, 0.05) is 50.1 Å². The molecule has 2 aliphatic rings. The van der Waals surface area contributed by atoms with Crippen LogP contribution in [0.4, 0.5) is 16.2 Å². The van der Waals surface area contributed by atoms with Crippen LogP contribution in [0.1, 0.15) is 40.0 Å². The van der Waals surface area contributed by atoms with Gasteiger partial charge in [-0.3, -0.25) is 9.69 Å². The highest BCUT2D eigenvalue weighted by molar-refractivity contribution is 5.90. The van der Waals surface area contributed by atoms with Crippen molar-refractivity contribution in [1.29, 1.82) is 0 Å². The lowest BCUT2D eigenvalue weighted by Crippen LogP contribution is -2.48. The molecule has 2 aliphatic heterocycles. The summed E-state index contributed by atoms with van der Waals surface area (Å²) in [4.78, 5) is 30.6. The maximum absolute atomic E-state index is 12.8. The van der Waals surface area contributed by atoms with Crippen molar-refractivity contribution < 1.29 is 14.3 Å². The van der Waals surface area contributed by atoms with E-state index in [1.165, 1.54) is 7.11 Å². The summed E-state index contributed by atoms with van der Waals surface area (Å²) in [6.45, 7) is 11.3. The standard InChI is InChI=1S/C23H36N4O3/c1-23(2,3)16-20-6-5-11-27(20)22(29)24-18-7-9-19(10-8-18)26-14-12-25(13-15-26)17-21(28)30-4/h7-10,20H,5-6,11-17H2,1-4H3,(H,24,29). The summed E-state index contributed by atoms with van der Waals surface area (Å²) in [5.74, 6) is -0.189. The SMILES string of the molecule is COC(=O)CN1CCN(c2ccc(NC(=O)N3CCCC3CC(C)(C)C)cc2)CC1. The minimum Gasteiger partial charge on any atom is -0.468 e. The molecule has 0 bridgehead atoms. The number of hydrogen-bond acceptors (Lipinski definition) is 5. The smallest absolute Gasteiger partial charge is 0.322 e. The molecule has 0 aliphatic carbocycles. The van der Waals surface area contributed by atoms with Crippen LogP contribution in [0.3, 0.4) is 0 Å². The molecule has 7 nitrogen and oxygen atoms in total. The number of amides is 2. The van der Waals surface area contributed by atoms with Gasteiger partial charge < -0.3 is 19.9 Å². The third-order valence-corrected chi connectivity index (χ3v) is 5.92. The van der Waals surface area contributed by atoms with Crippen LogP contribution < -0.4 is 10.2 Å². The molecule has 0 spiro atoms. The maximum Gasteiger partial charge on any atom is 0.322 e. The van der Waals surface area contributed by atoms with E-state index in [0.29, 0.717) is 12.6 Å². The van der Waals surface area contributed by atoms with Gasteiger partial charge in [0.15, 0.2) is 0 Å². The number of esters is 1. The van der Waals surface area contributed by atoms with Crippen molar-refractivity contribution in [2.24, 2.45) is 5.41 Å². The number of likely N-dealkylation sites (tertiary alicyclic amines) is 1. The Hall–Kier alpha value is -2.28. The summed E-state index contributed by atoms with van der Waals surface area (Å²) >= 11 is 0. The van der Waals surface area contributed by atoms with E-state index in [0.717, 1.165) is 63.4 Å². The molecule has 2 heterocycles. The summed E-state index contributed by atoms with van der Waals surface area (Å²) in [5, 5.41) is 3.07. The van der Waals surface area contributed by atoms with Crippen molar-refractivity contribution in [2.75, 3.05) is 56.6 Å². The summed E-state index contributed by atoms with van der Waals surface area (Å²) < 4.78 is 4.74. The number of urea groups is 1. The van der Waals surface area contributed by atoms with Crippen LogP contribution in [0.15, 0.2) is 24.3 Å². The Kier molecular flexibility index (Phi) is 7.23. The molecule has 166 valence electrons. The third-order valence-electron chi connectivity index (χ3n) is 5.92. The number of methoxy groups -OCH3 is 1. The first-order chi connectivity index (χ1) is 14.2. The Labute approximate surface area is 180 Å². The zero-order valence-electron chi connectivity index (χ0n) is 18.8. The minimum atomic E-state index is -0.189. The van der Waals surface area contributed by atoms with Crippen LogP contribution in [0, 0.1) is 5.41 Å². The van der Waals surface area contributed by atoms with Crippen molar-refractivity contribution in [3.8, 4) is 0 Å². The van der Waals surface area contributed by atoms with E-state index >= 15 is 0 Å². The van der Waals surface area contributed by atoms with Gasteiger partial charge in [-0.1, -0.05) is 20.8 Å². The van der Waals surface area contributed by atoms with Crippen LogP contribution in [0.5, 0.6) is 0 Å². The lowest BCUT2D eigenvalue weighted by atomic mass is 9.87. The van der Waals surface area contributed by atoms with Gasteiger partial charge in [0.05, 0.1) is 13.7 Å². The zero-order chi connectivity index (χ0) is 21.7. The molecule has 1 aromatic carbocycles. The van der Waals surface area contributed by atoms with Gasteiger partial charge in [-0.15, -0.1) is 0 Å². The molecule has 1 N–H and O–H groups in total. The molecule has 0 aromatic heterocycles. The third kappa shape index (κ3) is 6.11. The van der Waals surface area contributed by atoms with E-state index in [9.17, 15) is 9.59 Å². The normalized spacial score (nSPS) is 20.3. The molecule has 1 atom stereocenters. The fraction of sp³-hybridized carbons (Fsp3) is 0.652. The molecule has 1 aromatic rings. The topological polar surface area (TPSA) is 65.1 Å². The number of hydrogen-bond donors (Lipinski definition) is 1. The number of anilines is 2. The van der Waals surface area contributed by atoms with Crippen molar-refractivity contribution in [1.82, 2.24) is 9.80 Å². The molecular weight excluding hydrogens is 380 g/mol. The zero-order valence-corrected chi connectivity index (χ0v) is 18.8. The van der Waals surface area contributed by atoms with E-state index in [4.69, 9.17) is 4.74 Å². The largest absolute Gasteiger partial charge is 0.468 e. The van der Waals surface area contributed by atoms with Crippen LogP contribution in [0.2, 0.25) is 0 Å². The lowest BCUT2D eigenvalue weighted by Gasteiger charge is -2.35. The van der Waals surface area contributed by atoms with Crippen LogP contribution in [-0.4, -0.2) is 74.2 Å². The molecule has 7 heteroatoms. The van der Waals surface area contributed by atoms with Crippen LogP contribution >= 0.6 is 0 Å². The molecule has 2 saturated heterocycles. The van der Waals surface area contributed by atoms with Crippen LogP contribution in [0.25, 0.3) is 0 Å². The fourth-order valence-electron chi connectivity index (χ4n) is 4.38. The summed E-state index contributed by atoms with van der Waals surface area (Å²) in [6, 6.07) is 8.40. The molecule has 0 radical (unpaired) electrons. The van der Waals surface area contributed by atoms with Gasteiger partial charge >= 0.3 is 12.0 Å². The maximum atomic E-state index is 12.8. The Bertz CT molecular complexity index is 721. The number of rotatable bonds is 5. The van der Waals surface area contributed by atoms with Gasteiger partial charge in [-0.25, -0.2) is 4.79 Å². The number of nitrogens with one attached hydrogen (secondary N) is 1. The van der Waals surface area contributed by atoms with Gasteiger partial charge in [0.2, 0.25) is 0 Å². The number of ether oxygens (including phenoxy) is 1. The van der Waals surface area contributed by atoms with Gasteiger partial charge in [0.25, 0.3) is 0 Å². The second-order valence-corrected chi connectivity index (χ2v) is 9.57. The molecule has 30 heavy (non-hydrogen) atoms. The Morgan fingerprint density at radius 2 is 1.73 bits per heavy atom. The fourth-order valence-corrected chi connectivity index (χ4v) is 4.38. The second-order valence-electron chi connectivity index (χ2n) is 9.57. The quantitative estimate of drug-likeness (QED) is 0.745. The first-order valence-electron chi connectivity index (χ1n) is 11.0. The van der Waals surface area contributed by atoms with Gasteiger partial charge in [-0.05, 0) is 48.9 Å². The van der Waals surface area contributed by atoms with Crippen LogP contribution in [-0.2, 0) is 9.53 Å². The van der Waals surface area contributed by atoms with Gasteiger partial charge in [0.1, 0.15) is 0 Å². The summed E-state index contributed by atoms with van der Waals surface area (Å²) in [5.41, 5.74) is 2.18. The van der Waals surface area contributed by atoms with Gasteiger partial charge in [-0.2, -0.15) is 0 Å². The Morgan fingerprint density at radius 3 is 2.33 bits per heavy atom. The van der Waals surface area contributed by atoms with Crippen molar-refractivity contribution in [2.45, 2.75) is 46.1 Å². The van der Waals surface area contributed by atoms with Crippen molar-refractivity contribution in [3.63, 3.8) is 0 Å². The lowest BCUT2D eigenvalue weighted by molar-refractivity contribution is -0.142. The average Bonchev–Trinajstić information content (AvgIpc) is 3.15. The predicted molar refractivity (Wildman–Crippen MR) is 120 cm³/mol. The highest BCUT2D eigenvalue weighted by Gasteiger charge is 2.31. The van der Waals surface area contributed by atoms with E-state index in [1.54, 1.807) is 0 Å². The predicted octanol–water partition coefficient (Wildman–Crippen LogP) is 3.41. The highest BCUT2D eigenvalue weighted by atomic mass is 16.5. The van der Waals surface area contributed by atoms with E-state index < -0.39 is 0 Å². The molecule has 0 saturated carbocycles. The first-order valence-corrected chi connectivity index (χ1v) is 11.0. The van der Waals surface area contributed by atoms with E-state index in [1.807, 2.05) is 17.0 Å². The monoisotopic (exact) mass is 416 g/mol. The Balaban J connectivity index is 1.51. The molecular formula is C23H36N4O3. The Morgan fingerprint density at radius 1 is 1.07 bits per heavy atom. The second kappa shape index (κ2) is 9.69. The number of carbonyl (C=O) groups excluding carboxylic acids is 2. The molecule has 2 amide bonds. The first kappa shape index (κ1) is 22.4. The minimum absolute atomic E-state index is 0.00549. The van der Waals surface area contributed by atoms with Crippen molar-refractivity contribution >= 4 is 23.4 Å². The average molecular weight is 417 g/mol. The molecule has 3 rings (SSSR count). The number of benzene rings is 1. The van der Waals surface area contributed by atoms with Crippen molar-refractivity contribution in [3.05, 3.63) is 24.3 Å². The number of nitrogens with zero attached hydrogens (tertiary/aromatic N) is 3. The number of piperazine rings is 1.